The molecule has 4 nitrogen and oxygen atoms in total. The van der Waals surface area contributed by atoms with Gasteiger partial charge in [-0.15, -0.1) is 0 Å². The van der Waals surface area contributed by atoms with Crippen LogP contribution in [-0.4, -0.2) is 43.3 Å². The molecule has 2 unspecified atom stereocenters. The minimum atomic E-state index is -0.125. The molecule has 2 atom stereocenters. The Morgan fingerprint density at radius 3 is 3.00 bits per heavy atom. The molecule has 2 saturated heterocycles. The molecule has 2 aliphatic rings. The number of hydrogen-bond acceptors (Lipinski definition) is 3. The molecule has 0 saturated carbocycles. The summed E-state index contributed by atoms with van der Waals surface area (Å²) in [5.74, 6) is 0.617. The van der Waals surface area contributed by atoms with E-state index in [1.165, 1.54) is 12.8 Å². The van der Waals surface area contributed by atoms with E-state index in [9.17, 15) is 4.79 Å². The summed E-state index contributed by atoms with van der Waals surface area (Å²) in [5.41, 5.74) is 0. The van der Waals surface area contributed by atoms with E-state index < -0.39 is 0 Å². The van der Waals surface area contributed by atoms with E-state index in [1.54, 1.807) is 0 Å². The summed E-state index contributed by atoms with van der Waals surface area (Å²) in [6, 6.07) is 0.381. The van der Waals surface area contributed by atoms with Crippen LogP contribution in [0.1, 0.15) is 32.6 Å². The second kappa shape index (κ2) is 5.53. The average molecular weight is 226 g/mol. The lowest BCUT2D eigenvalue weighted by Crippen LogP contribution is -2.41. The molecule has 0 aromatic rings. The van der Waals surface area contributed by atoms with Crippen LogP contribution in [0, 0.1) is 5.92 Å². The van der Waals surface area contributed by atoms with Crippen molar-refractivity contribution >= 4 is 6.09 Å². The molecule has 0 aromatic carbocycles. The second-order valence-corrected chi connectivity index (χ2v) is 5.06. The van der Waals surface area contributed by atoms with Gasteiger partial charge in [0.2, 0.25) is 0 Å². The Balaban J connectivity index is 1.70. The maximum absolute atomic E-state index is 11.8. The predicted molar refractivity (Wildman–Crippen MR) is 62.3 cm³/mol. The highest BCUT2D eigenvalue weighted by atomic mass is 16.6. The maximum atomic E-state index is 11.8. The summed E-state index contributed by atoms with van der Waals surface area (Å²) >= 11 is 0. The maximum Gasteiger partial charge on any atom is 0.409 e. The molecule has 2 heterocycles. The molecule has 4 heteroatoms. The van der Waals surface area contributed by atoms with Crippen molar-refractivity contribution in [2.45, 2.75) is 38.6 Å². The number of carbonyl (C=O) groups is 1. The van der Waals surface area contributed by atoms with Gasteiger partial charge in [-0.05, 0) is 38.1 Å². The fourth-order valence-electron chi connectivity index (χ4n) is 2.52. The van der Waals surface area contributed by atoms with Gasteiger partial charge >= 0.3 is 6.09 Å². The number of likely N-dealkylation sites (tertiary alicyclic amines) is 1. The first-order valence-corrected chi connectivity index (χ1v) is 6.41. The van der Waals surface area contributed by atoms with E-state index in [1.807, 2.05) is 4.90 Å². The third-order valence-electron chi connectivity index (χ3n) is 3.49. The normalized spacial score (nSPS) is 30.4. The molecule has 2 rings (SSSR count). The Morgan fingerprint density at radius 1 is 1.44 bits per heavy atom. The molecule has 0 spiro atoms. The highest BCUT2D eigenvalue weighted by Gasteiger charge is 2.23. The third kappa shape index (κ3) is 3.11. The van der Waals surface area contributed by atoms with E-state index in [2.05, 4.69) is 12.2 Å². The molecule has 2 aliphatic heterocycles. The van der Waals surface area contributed by atoms with Crippen molar-refractivity contribution in [2.24, 2.45) is 5.92 Å². The minimum Gasteiger partial charge on any atom is -0.448 e. The molecule has 0 radical (unpaired) electrons. The van der Waals surface area contributed by atoms with Crippen molar-refractivity contribution in [3.05, 3.63) is 0 Å². The number of ether oxygens (including phenoxy) is 1. The van der Waals surface area contributed by atoms with Gasteiger partial charge in [-0.1, -0.05) is 6.92 Å². The molecule has 1 N–H and O–H groups in total. The van der Waals surface area contributed by atoms with E-state index >= 15 is 0 Å². The van der Waals surface area contributed by atoms with Gasteiger partial charge in [0.25, 0.3) is 0 Å². The highest BCUT2D eigenvalue weighted by molar-refractivity contribution is 5.67. The van der Waals surface area contributed by atoms with Crippen LogP contribution in [0.25, 0.3) is 0 Å². The summed E-state index contributed by atoms with van der Waals surface area (Å²) in [5, 5.41) is 3.33. The molecular formula is C12H22N2O2. The first kappa shape index (κ1) is 11.7. The molecule has 0 aromatic heterocycles. The zero-order valence-corrected chi connectivity index (χ0v) is 10.1. The van der Waals surface area contributed by atoms with E-state index in [4.69, 9.17) is 4.74 Å². The minimum absolute atomic E-state index is 0.125. The Labute approximate surface area is 97.3 Å². The SMILES string of the molecule is CC1CCCN(C(=O)OCC2CCCN2)C1. The van der Waals surface area contributed by atoms with E-state index in [0.717, 1.165) is 32.5 Å². The Morgan fingerprint density at radius 2 is 2.31 bits per heavy atom. The van der Waals surface area contributed by atoms with Gasteiger partial charge < -0.3 is 15.0 Å². The Hall–Kier alpha value is -0.770. The van der Waals surface area contributed by atoms with Crippen LogP contribution in [0.2, 0.25) is 0 Å². The van der Waals surface area contributed by atoms with Gasteiger partial charge in [-0.3, -0.25) is 0 Å². The largest absolute Gasteiger partial charge is 0.448 e. The van der Waals surface area contributed by atoms with Crippen molar-refractivity contribution in [3.8, 4) is 0 Å². The molecule has 16 heavy (non-hydrogen) atoms. The topological polar surface area (TPSA) is 41.6 Å². The molecule has 1 amide bonds. The lowest BCUT2D eigenvalue weighted by atomic mass is 10.0. The molecular weight excluding hydrogens is 204 g/mol. The number of amides is 1. The number of carbonyl (C=O) groups excluding carboxylic acids is 1. The van der Waals surface area contributed by atoms with Gasteiger partial charge in [0.1, 0.15) is 6.61 Å². The van der Waals surface area contributed by atoms with Crippen LogP contribution >= 0.6 is 0 Å². The second-order valence-electron chi connectivity index (χ2n) is 5.06. The van der Waals surface area contributed by atoms with Crippen molar-refractivity contribution in [1.82, 2.24) is 10.2 Å². The van der Waals surface area contributed by atoms with Crippen LogP contribution in [0.5, 0.6) is 0 Å². The summed E-state index contributed by atoms with van der Waals surface area (Å²) < 4.78 is 5.34. The molecule has 92 valence electrons. The van der Waals surface area contributed by atoms with Gasteiger partial charge in [-0.25, -0.2) is 4.79 Å². The molecule has 0 aliphatic carbocycles. The number of nitrogens with zero attached hydrogens (tertiary/aromatic N) is 1. The smallest absolute Gasteiger partial charge is 0.409 e. The summed E-state index contributed by atoms with van der Waals surface area (Å²) in [6.07, 6.45) is 4.54. The van der Waals surface area contributed by atoms with Crippen molar-refractivity contribution in [2.75, 3.05) is 26.2 Å². The van der Waals surface area contributed by atoms with Gasteiger partial charge in [0.05, 0.1) is 0 Å². The lowest BCUT2D eigenvalue weighted by Gasteiger charge is -2.30. The Kier molecular flexibility index (Phi) is 4.04. The van der Waals surface area contributed by atoms with E-state index in [0.29, 0.717) is 18.6 Å². The van der Waals surface area contributed by atoms with Crippen molar-refractivity contribution in [3.63, 3.8) is 0 Å². The number of nitrogens with one attached hydrogen (secondary N) is 1. The quantitative estimate of drug-likeness (QED) is 0.777. The number of piperidine rings is 1. The van der Waals surface area contributed by atoms with Crippen LogP contribution < -0.4 is 5.32 Å². The first-order valence-electron chi connectivity index (χ1n) is 6.41. The summed E-state index contributed by atoms with van der Waals surface area (Å²) in [4.78, 5) is 13.6. The summed E-state index contributed by atoms with van der Waals surface area (Å²) in [7, 11) is 0. The van der Waals surface area contributed by atoms with Crippen LogP contribution in [0.4, 0.5) is 4.79 Å². The predicted octanol–water partition coefficient (Wildman–Crippen LogP) is 1.61. The fourth-order valence-corrected chi connectivity index (χ4v) is 2.52. The Bertz CT molecular complexity index is 239. The number of hydrogen-bond donors (Lipinski definition) is 1. The van der Waals surface area contributed by atoms with E-state index in [-0.39, 0.29) is 6.09 Å². The zero-order valence-electron chi connectivity index (χ0n) is 10.1. The standard InChI is InChI=1S/C12H22N2O2/c1-10-4-3-7-14(8-10)12(15)16-9-11-5-2-6-13-11/h10-11,13H,2-9H2,1H3. The highest BCUT2D eigenvalue weighted by Crippen LogP contribution is 2.16. The van der Waals surface area contributed by atoms with Crippen LogP contribution in [-0.2, 0) is 4.74 Å². The van der Waals surface area contributed by atoms with Gasteiger partial charge in [0.15, 0.2) is 0 Å². The van der Waals surface area contributed by atoms with Crippen molar-refractivity contribution < 1.29 is 9.53 Å². The van der Waals surface area contributed by atoms with Crippen LogP contribution in [0.3, 0.4) is 0 Å². The summed E-state index contributed by atoms with van der Waals surface area (Å²) in [6.45, 7) is 5.50. The number of rotatable bonds is 2. The monoisotopic (exact) mass is 226 g/mol. The molecule has 2 fully saturated rings. The van der Waals surface area contributed by atoms with Crippen LogP contribution in [0.15, 0.2) is 0 Å². The van der Waals surface area contributed by atoms with Crippen molar-refractivity contribution in [1.29, 1.82) is 0 Å². The van der Waals surface area contributed by atoms with Gasteiger partial charge in [-0.2, -0.15) is 0 Å². The average Bonchev–Trinajstić information content (AvgIpc) is 2.78. The van der Waals surface area contributed by atoms with Gasteiger partial charge in [0, 0.05) is 19.1 Å². The third-order valence-corrected chi connectivity index (χ3v) is 3.49. The lowest BCUT2D eigenvalue weighted by molar-refractivity contribution is 0.0803. The first-order chi connectivity index (χ1) is 7.75. The fraction of sp³-hybridized carbons (Fsp3) is 0.917. The zero-order chi connectivity index (χ0) is 11.4. The molecule has 0 bridgehead atoms.